The third kappa shape index (κ3) is 2.69. The van der Waals surface area contributed by atoms with Crippen LogP contribution >= 0.6 is 0 Å². The first kappa shape index (κ1) is 13.8. The molecule has 0 aliphatic carbocycles. The maximum atomic E-state index is 12.7. The van der Waals surface area contributed by atoms with E-state index in [1.54, 1.807) is 31.2 Å². The lowest BCUT2D eigenvalue weighted by molar-refractivity contribution is 0.0493. The molecule has 2 aromatic heterocycles. The predicted octanol–water partition coefficient (Wildman–Crippen LogP) is 1.24. The summed E-state index contributed by atoms with van der Waals surface area (Å²) in [5.74, 6) is 0.491. The fraction of sp³-hybridized carbons (Fsp3) is 0.500. The number of aromatic nitrogens is 3. The van der Waals surface area contributed by atoms with E-state index in [0.29, 0.717) is 24.6 Å². The maximum absolute atomic E-state index is 12.7. The lowest BCUT2D eigenvalue weighted by Crippen LogP contribution is -2.41. The minimum atomic E-state index is -0.136. The van der Waals surface area contributed by atoms with Crippen molar-refractivity contribution in [1.29, 1.82) is 0 Å². The Morgan fingerprint density at radius 3 is 3.14 bits per heavy atom. The number of methoxy groups -OCH3 is 1. The van der Waals surface area contributed by atoms with Crippen molar-refractivity contribution in [3.8, 4) is 0 Å². The number of amides is 1. The van der Waals surface area contributed by atoms with Gasteiger partial charge in [0.1, 0.15) is 5.76 Å². The Morgan fingerprint density at radius 1 is 1.57 bits per heavy atom. The highest BCUT2D eigenvalue weighted by Gasteiger charge is 2.30. The molecule has 0 saturated carbocycles. The second kappa shape index (κ2) is 5.69. The van der Waals surface area contributed by atoms with Crippen molar-refractivity contribution in [2.75, 3.05) is 13.7 Å². The van der Waals surface area contributed by atoms with E-state index in [1.165, 1.54) is 0 Å². The lowest BCUT2D eigenvalue weighted by atomic mass is 10.1. The number of carbonyl (C=O) groups is 1. The number of fused-ring (bicyclic) bond motifs is 1. The average molecular weight is 290 g/mol. The van der Waals surface area contributed by atoms with Crippen LogP contribution in [0.2, 0.25) is 0 Å². The van der Waals surface area contributed by atoms with Crippen LogP contribution in [0.15, 0.2) is 22.9 Å². The van der Waals surface area contributed by atoms with E-state index in [0.717, 1.165) is 18.7 Å². The third-order valence-electron chi connectivity index (χ3n) is 3.72. The molecule has 0 spiro atoms. The molecule has 1 unspecified atom stereocenters. The molecule has 2 aromatic rings. The van der Waals surface area contributed by atoms with E-state index in [9.17, 15) is 4.79 Å². The van der Waals surface area contributed by atoms with Gasteiger partial charge in [0.2, 0.25) is 0 Å². The molecule has 3 heterocycles. The van der Waals surface area contributed by atoms with Crippen molar-refractivity contribution in [2.24, 2.45) is 0 Å². The summed E-state index contributed by atoms with van der Waals surface area (Å²) in [6.07, 6.45) is 2.56. The summed E-state index contributed by atoms with van der Waals surface area (Å²) in [6.45, 7) is 3.54. The number of nitrogens with zero attached hydrogens (tertiary/aromatic N) is 4. The van der Waals surface area contributed by atoms with E-state index < -0.39 is 0 Å². The van der Waals surface area contributed by atoms with Crippen molar-refractivity contribution in [1.82, 2.24) is 19.8 Å². The molecule has 0 radical (unpaired) electrons. The summed E-state index contributed by atoms with van der Waals surface area (Å²) in [4.78, 5) is 14.5. The molecule has 0 N–H and O–H groups in total. The van der Waals surface area contributed by atoms with Gasteiger partial charge in [0.15, 0.2) is 5.69 Å². The Labute approximate surface area is 122 Å². The van der Waals surface area contributed by atoms with E-state index >= 15 is 0 Å². The smallest absolute Gasteiger partial charge is 0.276 e. The van der Waals surface area contributed by atoms with Gasteiger partial charge in [-0.05, 0) is 19.4 Å². The topological polar surface area (TPSA) is 73.4 Å². The number of carbonyl (C=O) groups excluding carboxylic acids is 1. The number of hydrogen-bond acceptors (Lipinski definition) is 5. The number of ether oxygens (including phenoxy) is 1. The number of aryl methyl sites for hydroxylation is 2. The summed E-state index contributed by atoms with van der Waals surface area (Å²) in [5.41, 5.74) is 1.35. The summed E-state index contributed by atoms with van der Waals surface area (Å²) in [5, 5.41) is 8.12. The molecule has 0 aromatic carbocycles. The Balaban J connectivity index is 1.89. The molecule has 7 nitrogen and oxygen atoms in total. The molecule has 112 valence electrons. The van der Waals surface area contributed by atoms with Crippen LogP contribution in [0.25, 0.3) is 0 Å². The Hall–Kier alpha value is -2.15. The molecule has 7 heteroatoms. The molecule has 1 amide bonds. The molecule has 3 rings (SSSR count). The SMILES string of the molecule is COCC1CCn2nccc2CN1C(=O)c1cc(C)on1. The van der Waals surface area contributed by atoms with Gasteiger partial charge in [0.25, 0.3) is 5.91 Å². The molecule has 0 saturated heterocycles. The summed E-state index contributed by atoms with van der Waals surface area (Å²) >= 11 is 0. The highest BCUT2D eigenvalue weighted by atomic mass is 16.5. The Kier molecular flexibility index (Phi) is 3.74. The molecule has 1 aliphatic rings. The minimum Gasteiger partial charge on any atom is -0.383 e. The summed E-state index contributed by atoms with van der Waals surface area (Å²) < 4.78 is 12.2. The zero-order valence-corrected chi connectivity index (χ0v) is 12.2. The third-order valence-corrected chi connectivity index (χ3v) is 3.72. The van der Waals surface area contributed by atoms with E-state index in [4.69, 9.17) is 9.26 Å². The maximum Gasteiger partial charge on any atom is 0.276 e. The zero-order chi connectivity index (χ0) is 14.8. The molecule has 0 fully saturated rings. The lowest BCUT2D eigenvalue weighted by Gasteiger charge is -2.28. The monoisotopic (exact) mass is 290 g/mol. The highest BCUT2D eigenvalue weighted by Crippen LogP contribution is 2.20. The van der Waals surface area contributed by atoms with Gasteiger partial charge in [-0.2, -0.15) is 5.10 Å². The molecular formula is C14H18N4O3. The minimum absolute atomic E-state index is 0.00112. The van der Waals surface area contributed by atoms with E-state index in [1.807, 2.05) is 10.7 Å². The summed E-state index contributed by atoms with van der Waals surface area (Å²) in [7, 11) is 1.65. The van der Waals surface area contributed by atoms with Gasteiger partial charge in [0.05, 0.1) is 24.9 Å². The van der Waals surface area contributed by atoms with E-state index in [2.05, 4.69) is 10.3 Å². The van der Waals surface area contributed by atoms with Crippen LogP contribution in [0.5, 0.6) is 0 Å². The molecule has 1 aliphatic heterocycles. The average Bonchev–Trinajstić information content (AvgIpc) is 3.06. The standard InChI is InChI=1S/C14H18N4O3/c1-10-7-13(16-21-10)14(19)17-8-11-3-5-15-18(11)6-4-12(17)9-20-2/h3,5,7,12H,4,6,8-9H2,1-2H3. The first-order valence-corrected chi connectivity index (χ1v) is 6.93. The van der Waals surface area contributed by atoms with Crippen LogP contribution in [0.3, 0.4) is 0 Å². The largest absolute Gasteiger partial charge is 0.383 e. The van der Waals surface area contributed by atoms with Crippen molar-refractivity contribution >= 4 is 5.91 Å². The van der Waals surface area contributed by atoms with Crippen LogP contribution in [-0.4, -0.2) is 45.5 Å². The highest BCUT2D eigenvalue weighted by molar-refractivity contribution is 5.92. The van der Waals surface area contributed by atoms with Crippen molar-refractivity contribution in [2.45, 2.75) is 32.5 Å². The second-order valence-corrected chi connectivity index (χ2v) is 5.20. The molecule has 0 bridgehead atoms. The van der Waals surface area contributed by atoms with Crippen molar-refractivity contribution < 1.29 is 14.1 Å². The quantitative estimate of drug-likeness (QED) is 0.850. The fourth-order valence-electron chi connectivity index (χ4n) is 2.64. The van der Waals surface area contributed by atoms with Crippen LogP contribution in [0, 0.1) is 6.92 Å². The molecule has 21 heavy (non-hydrogen) atoms. The molecular weight excluding hydrogens is 272 g/mol. The van der Waals surface area contributed by atoms with Gasteiger partial charge in [-0.15, -0.1) is 0 Å². The van der Waals surface area contributed by atoms with Gasteiger partial charge in [-0.3, -0.25) is 9.48 Å². The predicted molar refractivity (Wildman–Crippen MR) is 73.6 cm³/mol. The van der Waals surface area contributed by atoms with Gasteiger partial charge in [0, 0.05) is 25.9 Å². The second-order valence-electron chi connectivity index (χ2n) is 5.20. The summed E-state index contributed by atoms with van der Waals surface area (Å²) in [6, 6.07) is 3.60. The van der Waals surface area contributed by atoms with Crippen LogP contribution in [0.1, 0.15) is 28.4 Å². The first-order chi connectivity index (χ1) is 10.2. The van der Waals surface area contributed by atoms with Gasteiger partial charge >= 0.3 is 0 Å². The number of hydrogen-bond donors (Lipinski definition) is 0. The van der Waals surface area contributed by atoms with Crippen LogP contribution in [0.4, 0.5) is 0 Å². The molecule has 1 atom stereocenters. The normalized spacial score (nSPS) is 18.4. The van der Waals surface area contributed by atoms with Gasteiger partial charge in [-0.1, -0.05) is 5.16 Å². The number of rotatable bonds is 3. The van der Waals surface area contributed by atoms with Crippen molar-refractivity contribution in [3.63, 3.8) is 0 Å². The van der Waals surface area contributed by atoms with Gasteiger partial charge in [-0.25, -0.2) is 0 Å². The Morgan fingerprint density at radius 2 is 2.43 bits per heavy atom. The van der Waals surface area contributed by atoms with Crippen LogP contribution < -0.4 is 0 Å². The van der Waals surface area contributed by atoms with Crippen molar-refractivity contribution in [3.05, 3.63) is 35.5 Å². The fourth-order valence-corrected chi connectivity index (χ4v) is 2.64. The Bertz CT molecular complexity index is 634. The van der Waals surface area contributed by atoms with E-state index in [-0.39, 0.29) is 11.9 Å². The first-order valence-electron chi connectivity index (χ1n) is 6.93. The zero-order valence-electron chi connectivity index (χ0n) is 12.2. The van der Waals surface area contributed by atoms with Crippen LogP contribution in [-0.2, 0) is 17.8 Å². The van der Waals surface area contributed by atoms with Gasteiger partial charge < -0.3 is 14.2 Å².